The van der Waals surface area contributed by atoms with Gasteiger partial charge in [0.15, 0.2) is 0 Å². The number of nitrogens with zero attached hydrogens (tertiary/aromatic N) is 1. The predicted molar refractivity (Wildman–Crippen MR) is 63.6 cm³/mol. The zero-order valence-corrected chi connectivity index (χ0v) is 10.3. The van der Waals surface area contributed by atoms with Crippen molar-refractivity contribution in [3.8, 4) is 0 Å². The summed E-state index contributed by atoms with van der Waals surface area (Å²) in [6, 6.07) is 0. The Balaban J connectivity index is 2.20. The Morgan fingerprint density at radius 3 is 2.35 bits per heavy atom. The molecule has 0 radical (unpaired) electrons. The fourth-order valence-corrected chi connectivity index (χ4v) is 3.17. The summed E-state index contributed by atoms with van der Waals surface area (Å²) >= 11 is 0. The number of hydrogen-bond acceptors (Lipinski definition) is 2. The van der Waals surface area contributed by atoms with Gasteiger partial charge in [0, 0.05) is 13.0 Å². The van der Waals surface area contributed by atoms with Crippen molar-refractivity contribution in [2.75, 3.05) is 6.54 Å². The third-order valence-corrected chi connectivity index (χ3v) is 4.17. The van der Waals surface area contributed by atoms with Gasteiger partial charge in [-0.15, -0.1) is 0 Å². The third kappa shape index (κ3) is 2.31. The van der Waals surface area contributed by atoms with E-state index in [9.17, 15) is 14.7 Å². The van der Waals surface area contributed by atoms with Gasteiger partial charge in [0.25, 0.3) is 0 Å². The molecule has 4 heteroatoms. The highest BCUT2D eigenvalue weighted by atomic mass is 16.4. The summed E-state index contributed by atoms with van der Waals surface area (Å²) in [5, 5.41) is 9.50. The van der Waals surface area contributed by atoms with Crippen LogP contribution in [0.25, 0.3) is 0 Å². The molecule has 1 saturated carbocycles. The van der Waals surface area contributed by atoms with Crippen molar-refractivity contribution in [3.05, 3.63) is 0 Å². The molecular weight excluding hydrogens is 218 g/mol. The molecule has 1 saturated heterocycles. The van der Waals surface area contributed by atoms with E-state index in [1.54, 1.807) is 4.90 Å². The SMILES string of the molecule is O=C1CCCCCCN1C1(C(=O)O)CCCC1. The molecule has 0 atom stereocenters. The quantitative estimate of drug-likeness (QED) is 0.803. The number of likely N-dealkylation sites (tertiary alicyclic amines) is 1. The Hall–Kier alpha value is -1.06. The monoisotopic (exact) mass is 239 g/mol. The second-order valence-corrected chi connectivity index (χ2v) is 5.25. The van der Waals surface area contributed by atoms with Gasteiger partial charge in [-0.2, -0.15) is 0 Å². The van der Waals surface area contributed by atoms with Crippen LogP contribution in [0.1, 0.15) is 57.8 Å². The van der Waals surface area contributed by atoms with Crippen LogP contribution in [0.2, 0.25) is 0 Å². The maximum Gasteiger partial charge on any atom is 0.329 e. The van der Waals surface area contributed by atoms with Gasteiger partial charge in [-0.05, 0) is 25.7 Å². The minimum absolute atomic E-state index is 0.0500. The van der Waals surface area contributed by atoms with Gasteiger partial charge in [-0.25, -0.2) is 4.79 Å². The fourth-order valence-electron chi connectivity index (χ4n) is 3.17. The average Bonchev–Trinajstić information content (AvgIpc) is 2.74. The van der Waals surface area contributed by atoms with Crippen molar-refractivity contribution in [2.45, 2.75) is 63.3 Å². The first-order valence-electron chi connectivity index (χ1n) is 6.71. The van der Waals surface area contributed by atoms with E-state index in [0.717, 1.165) is 38.5 Å². The molecule has 0 spiro atoms. The number of carboxylic acids is 1. The molecule has 1 aliphatic carbocycles. The lowest BCUT2D eigenvalue weighted by Crippen LogP contribution is -2.56. The summed E-state index contributed by atoms with van der Waals surface area (Å²) in [7, 11) is 0. The molecule has 2 fully saturated rings. The standard InChI is InChI=1S/C13H21NO3/c15-11-7-3-1-2-6-10-14(11)13(12(16)17)8-4-5-9-13/h1-10H2,(H,16,17). The molecule has 1 aliphatic heterocycles. The Kier molecular flexibility index (Phi) is 3.69. The number of hydrogen-bond donors (Lipinski definition) is 1. The van der Waals surface area contributed by atoms with Gasteiger partial charge < -0.3 is 10.0 Å². The largest absolute Gasteiger partial charge is 0.479 e. The topological polar surface area (TPSA) is 57.6 Å². The van der Waals surface area contributed by atoms with Crippen LogP contribution in [-0.2, 0) is 9.59 Å². The number of amides is 1. The third-order valence-electron chi connectivity index (χ3n) is 4.17. The number of rotatable bonds is 2. The summed E-state index contributed by atoms with van der Waals surface area (Å²) in [6.45, 7) is 0.630. The van der Waals surface area contributed by atoms with E-state index in [2.05, 4.69) is 0 Å². The Morgan fingerprint density at radius 2 is 1.71 bits per heavy atom. The van der Waals surface area contributed by atoms with E-state index in [1.165, 1.54) is 0 Å². The highest BCUT2D eigenvalue weighted by Gasteiger charge is 2.48. The van der Waals surface area contributed by atoms with Gasteiger partial charge in [-0.1, -0.05) is 25.7 Å². The van der Waals surface area contributed by atoms with Crippen LogP contribution in [0.3, 0.4) is 0 Å². The lowest BCUT2D eigenvalue weighted by Gasteiger charge is -2.39. The van der Waals surface area contributed by atoms with E-state index in [4.69, 9.17) is 0 Å². The van der Waals surface area contributed by atoms with Gasteiger partial charge in [0.2, 0.25) is 5.91 Å². The van der Waals surface area contributed by atoms with Gasteiger partial charge in [0.05, 0.1) is 0 Å². The highest BCUT2D eigenvalue weighted by molar-refractivity contribution is 5.87. The van der Waals surface area contributed by atoms with Crippen LogP contribution in [0, 0.1) is 0 Å². The van der Waals surface area contributed by atoms with Crippen molar-refractivity contribution in [2.24, 2.45) is 0 Å². The first-order valence-corrected chi connectivity index (χ1v) is 6.71. The minimum atomic E-state index is -0.881. The van der Waals surface area contributed by atoms with Crippen molar-refractivity contribution in [1.82, 2.24) is 4.90 Å². The van der Waals surface area contributed by atoms with Crippen molar-refractivity contribution >= 4 is 11.9 Å². The van der Waals surface area contributed by atoms with Crippen molar-refractivity contribution in [3.63, 3.8) is 0 Å². The number of carbonyl (C=O) groups excluding carboxylic acids is 1. The van der Waals surface area contributed by atoms with Crippen LogP contribution < -0.4 is 0 Å². The van der Waals surface area contributed by atoms with E-state index >= 15 is 0 Å². The lowest BCUT2D eigenvalue weighted by molar-refractivity contribution is -0.159. The van der Waals surface area contributed by atoms with Gasteiger partial charge in [-0.3, -0.25) is 4.79 Å². The summed E-state index contributed by atoms with van der Waals surface area (Å²) in [4.78, 5) is 25.4. The highest BCUT2D eigenvalue weighted by Crippen LogP contribution is 2.37. The molecule has 0 unspecified atom stereocenters. The summed E-state index contributed by atoms with van der Waals surface area (Å²) in [6.07, 6.45) is 7.70. The predicted octanol–water partition coefficient (Wildman–Crippen LogP) is 2.18. The smallest absolute Gasteiger partial charge is 0.329 e. The first kappa shape index (κ1) is 12.4. The van der Waals surface area contributed by atoms with Crippen LogP contribution in [0.4, 0.5) is 0 Å². The van der Waals surface area contributed by atoms with Crippen LogP contribution in [-0.4, -0.2) is 34.0 Å². The molecule has 0 aromatic rings. The molecular formula is C13H21NO3. The van der Waals surface area contributed by atoms with Crippen LogP contribution >= 0.6 is 0 Å². The molecule has 1 amide bonds. The molecule has 0 bridgehead atoms. The average molecular weight is 239 g/mol. The van der Waals surface area contributed by atoms with Crippen molar-refractivity contribution < 1.29 is 14.7 Å². The second kappa shape index (κ2) is 5.07. The van der Waals surface area contributed by atoms with E-state index < -0.39 is 11.5 Å². The van der Waals surface area contributed by atoms with Gasteiger partial charge >= 0.3 is 5.97 Å². The van der Waals surface area contributed by atoms with Crippen LogP contribution in [0.5, 0.6) is 0 Å². The molecule has 0 aromatic carbocycles. The zero-order valence-electron chi connectivity index (χ0n) is 10.3. The van der Waals surface area contributed by atoms with Crippen LogP contribution in [0.15, 0.2) is 0 Å². The normalized spacial score (nSPS) is 25.4. The molecule has 1 heterocycles. The Morgan fingerprint density at radius 1 is 1.06 bits per heavy atom. The number of carbonyl (C=O) groups is 2. The van der Waals surface area contributed by atoms with E-state index in [1.807, 2.05) is 0 Å². The summed E-state index contributed by atoms with van der Waals surface area (Å²) < 4.78 is 0. The first-order chi connectivity index (χ1) is 8.17. The molecule has 4 nitrogen and oxygen atoms in total. The summed E-state index contributed by atoms with van der Waals surface area (Å²) in [5.74, 6) is -0.752. The number of carboxylic acid groups (broad SMARTS) is 1. The molecule has 1 N–H and O–H groups in total. The molecule has 17 heavy (non-hydrogen) atoms. The van der Waals surface area contributed by atoms with Gasteiger partial charge in [0.1, 0.15) is 5.54 Å². The Labute approximate surface area is 102 Å². The lowest BCUT2D eigenvalue weighted by atomic mass is 9.92. The number of aliphatic carboxylic acids is 1. The minimum Gasteiger partial charge on any atom is -0.479 e. The fraction of sp³-hybridized carbons (Fsp3) is 0.846. The molecule has 2 aliphatic rings. The zero-order chi connectivity index (χ0) is 12.3. The maximum atomic E-state index is 12.1. The second-order valence-electron chi connectivity index (χ2n) is 5.25. The maximum absolute atomic E-state index is 12.1. The van der Waals surface area contributed by atoms with Crippen molar-refractivity contribution in [1.29, 1.82) is 0 Å². The van der Waals surface area contributed by atoms with E-state index in [0.29, 0.717) is 25.8 Å². The molecule has 0 aromatic heterocycles. The Bertz CT molecular complexity index is 308. The molecule has 96 valence electrons. The molecule has 2 rings (SSSR count). The summed E-state index contributed by atoms with van der Waals surface area (Å²) in [5.41, 5.74) is -0.881. The van der Waals surface area contributed by atoms with E-state index in [-0.39, 0.29) is 5.91 Å².